The smallest absolute Gasteiger partial charge is 0.255 e. The number of hydrogen-bond acceptors (Lipinski definition) is 10. The number of carbonyl (C=O) groups excluding carboxylic acids is 4. The second-order valence-corrected chi connectivity index (χ2v) is 19.0. The largest absolute Gasteiger partial charge is 0.370 e. The predicted molar refractivity (Wildman–Crippen MR) is 257 cm³/mol. The normalized spacial score (nSPS) is 11.4. The van der Waals surface area contributed by atoms with E-state index in [2.05, 4.69) is 31.9 Å². The number of rotatable bonds is 22. The van der Waals surface area contributed by atoms with E-state index in [0.29, 0.717) is 95.9 Å². The Morgan fingerprint density at radius 3 is 1.24 bits per heavy atom. The molecule has 3 aromatic carbocycles. The number of amides is 4. The van der Waals surface area contributed by atoms with Crippen LogP contribution in [0.1, 0.15) is 112 Å². The lowest BCUT2D eigenvalue weighted by Gasteiger charge is -2.25. The lowest BCUT2D eigenvalue weighted by Crippen LogP contribution is -2.31. The third-order valence-electron chi connectivity index (χ3n) is 9.39. The van der Waals surface area contributed by atoms with E-state index >= 15 is 0 Å². The van der Waals surface area contributed by atoms with E-state index in [1.807, 2.05) is 65.8 Å². The quantitative estimate of drug-likeness (QED) is 0.0237. The summed E-state index contributed by atoms with van der Waals surface area (Å²) in [4.78, 5) is 55.8. The van der Waals surface area contributed by atoms with E-state index in [1.165, 1.54) is 29.6 Å². The van der Waals surface area contributed by atoms with Crippen LogP contribution in [-0.4, -0.2) is 73.2 Å². The fourth-order valence-corrected chi connectivity index (χ4v) is 7.84. The van der Waals surface area contributed by atoms with Gasteiger partial charge in [0.25, 0.3) is 11.8 Å². The van der Waals surface area contributed by atoms with Crippen molar-refractivity contribution >= 4 is 81.8 Å². The average Bonchev–Trinajstić information content (AvgIpc) is 3.18. The third kappa shape index (κ3) is 16.9. The Kier molecular flexibility index (Phi) is 20.1. The van der Waals surface area contributed by atoms with Crippen LogP contribution in [0.15, 0.2) is 58.3 Å². The number of carbonyl (C=O) groups is 4. The van der Waals surface area contributed by atoms with Crippen molar-refractivity contribution < 1.29 is 19.2 Å². The Hall–Kier alpha value is -5.30. The summed E-state index contributed by atoms with van der Waals surface area (Å²) in [5.74, 6) is -0.706. The van der Waals surface area contributed by atoms with Gasteiger partial charge in [-0.1, -0.05) is 47.6 Å². The molecule has 0 aliphatic heterocycles. The maximum Gasteiger partial charge on any atom is 0.255 e. The molecule has 0 spiro atoms. The van der Waals surface area contributed by atoms with Crippen molar-refractivity contribution in [1.82, 2.24) is 10.6 Å². The summed E-state index contributed by atoms with van der Waals surface area (Å²) in [6.07, 6.45) is 3.26. The Morgan fingerprint density at radius 1 is 0.565 bits per heavy atom. The van der Waals surface area contributed by atoms with Crippen molar-refractivity contribution in [3.63, 3.8) is 0 Å². The monoisotopic (exact) mass is 890 g/mol. The maximum atomic E-state index is 14.1. The van der Waals surface area contributed by atoms with Gasteiger partial charge in [-0.05, 0) is 103 Å². The number of nitrogens with one attached hydrogen (secondary N) is 8. The van der Waals surface area contributed by atoms with Gasteiger partial charge in [-0.2, -0.15) is 0 Å². The first-order valence-corrected chi connectivity index (χ1v) is 22.7. The number of anilines is 4. The number of unbranched alkanes of at least 4 members (excludes halogenated alkanes) is 2. The topological polar surface area (TPSA) is 292 Å². The average molecular weight is 891 g/mol. The van der Waals surface area contributed by atoms with Gasteiger partial charge >= 0.3 is 0 Å². The lowest BCUT2D eigenvalue weighted by molar-refractivity contribution is -0.117. The first-order chi connectivity index (χ1) is 29.2. The molecule has 16 N–H and O–H groups in total. The van der Waals surface area contributed by atoms with Crippen molar-refractivity contribution in [2.24, 2.45) is 22.9 Å². The minimum atomic E-state index is -0.474. The van der Waals surface area contributed by atoms with Crippen LogP contribution in [-0.2, 0) is 20.4 Å². The summed E-state index contributed by atoms with van der Waals surface area (Å²) in [5.41, 5.74) is 25.9. The van der Waals surface area contributed by atoms with E-state index in [0.717, 1.165) is 11.1 Å². The summed E-state index contributed by atoms with van der Waals surface area (Å²) in [5, 5.41) is 32.9. The van der Waals surface area contributed by atoms with E-state index in [4.69, 9.17) is 33.8 Å². The molecule has 62 heavy (non-hydrogen) atoms. The highest BCUT2D eigenvalue weighted by Gasteiger charge is 2.24. The lowest BCUT2D eigenvalue weighted by atomic mass is 9.86. The summed E-state index contributed by atoms with van der Waals surface area (Å²) in [7, 11) is 0. The van der Waals surface area contributed by atoms with E-state index in [1.54, 1.807) is 18.2 Å². The zero-order valence-corrected chi connectivity index (χ0v) is 38.5. The number of nitrogens with two attached hydrogens (primary N) is 4. The molecule has 0 atom stereocenters. The van der Waals surface area contributed by atoms with Crippen molar-refractivity contribution in [3.8, 4) is 0 Å². The van der Waals surface area contributed by atoms with Gasteiger partial charge in [0.1, 0.15) is 0 Å². The molecule has 0 heterocycles. The second kappa shape index (κ2) is 24.4. The number of benzene rings is 3. The molecule has 0 saturated carbocycles. The molecule has 0 saturated heterocycles. The molecule has 0 bridgehead atoms. The SMILES string of the molecule is CC(C)(C)c1cc(NC(=O)CCCCN)c(SCCNC(=N)N)c(NC(=O)c2cccc(C(=O)Nc3cc(C(C)(C)C)cc(NC(=O)CCCCN)c3SCCNC(=N)N)c2)c1. The van der Waals surface area contributed by atoms with Crippen LogP contribution in [0.3, 0.4) is 0 Å². The fourth-order valence-electron chi connectivity index (χ4n) is 5.96. The Labute approximate surface area is 374 Å². The van der Waals surface area contributed by atoms with E-state index in [9.17, 15) is 19.2 Å². The standard InChI is InChI=1S/C44H66N12O4S2/c1-43(2,3)29-23-31(53-35(57)14-7-9-16-45)37(61-20-18-51-41(47)48)33(25-29)55-39(59)27-12-11-13-28(22-27)40(60)56-34-26-30(44(4,5)6)24-32(54-36(58)15-8-10-17-46)38(34)62-21-19-52-42(49)50/h11-13,22-26H,7-10,14-21,45-46H2,1-6H3,(H,53,57)(H,54,58)(H,55,59)(H,56,60)(H4,47,48,51)(H4,49,50,52). The van der Waals surface area contributed by atoms with Gasteiger partial charge in [0.15, 0.2) is 11.9 Å². The molecule has 0 aliphatic rings. The molecule has 0 unspecified atom stereocenters. The molecule has 0 aliphatic carbocycles. The van der Waals surface area contributed by atoms with Gasteiger partial charge in [0.2, 0.25) is 11.8 Å². The predicted octanol–water partition coefficient (Wildman–Crippen LogP) is 6.07. The summed E-state index contributed by atoms with van der Waals surface area (Å²) < 4.78 is 0. The van der Waals surface area contributed by atoms with Gasteiger partial charge in [-0.25, -0.2) is 0 Å². The third-order valence-corrected chi connectivity index (χ3v) is 11.7. The van der Waals surface area contributed by atoms with Gasteiger partial charge in [-0.3, -0.25) is 30.0 Å². The molecule has 18 heteroatoms. The molecule has 0 fully saturated rings. The molecule has 3 rings (SSSR count). The number of guanidine groups is 2. The molecular formula is C44H66N12O4S2. The highest BCUT2D eigenvalue weighted by Crippen LogP contribution is 2.41. The van der Waals surface area contributed by atoms with E-state index < -0.39 is 11.8 Å². The molecular weight excluding hydrogens is 825 g/mol. The van der Waals surface area contributed by atoms with Crippen LogP contribution in [0.4, 0.5) is 22.7 Å². The van der Waals surface area contributed by atoms with Crippen LogP contribution in [0.25, 0.3) is 0 Å². The zero-order chi connectivity index (χ0) is 46.0. The van der Waals surface area contributed by atoms with Gasteiger partial charge in [0.05, 0.1) is 32.5 Å². The molecule has 0 radical (unpaired) electrons. The fraction of sp³-hybridized carbons (Fsp3) is 0.455. The highest BCUT2D eigenvalue weighted by molar-refractivity contribution is 7.99. The minimum absolute atomic E-state index is 0.167. The summed E-state index contributed by atoms with van der Waals surface area (Å²) >= 11 is 2.78. The van der Waals surface area contributed by atoms with Crippen LogP contribution in [0.5, 0.6) is 0 Å². The molecule has 16 nitrogen and oxygen atoms in total. The Bertz CT molecular complexity index is 1920. The van der Waals surface area contributed by atoms with Crippen molar-refractivity contribution in [2.75, 3.05) is 59.0 Å². The highest BCUT2D eigenvalue weighted by atomic mass is 32.2. The molecule has 0 aromatic heterocycles. The summed E-state index contributed by atoms with van der Waals surface area (Å²) in [6, 6.07) is 14.0. The Morgan fingerprint density at radius 2 is 0.919 bits per heavy atom. The number of hydrogen-bond donors (Lipinski definition) is 12. The van der Waals surface area contributed by atoms with Gasteiger partial charge in [-0.15, -0.1) is 23.5 Å². The van der Waals surface area contributed by atoms with Gasteiger partial charge < -0.3 is 54.8 Å². The molecule has 4 amide bonds. The van der Waals surface area contributed by atoms with Crippen LogP contribution in [0, 0.1) is 10.8 Å². The first-order valence-electron chi connectivity index (χ1n) is 20.7. The minimum Gasteiger partial charge on any atom is -0.370 e. The van der Waals surface area contributed by atoms with Crippen molar-refractivity contribution in [1.29, 1.82) is 10.8 Å². The number of thioether (sulfide) groups is 2. The van der Waals surface area contributed by atoms with Crippen LogP contribution < -0.4 is 54.8 Å². The van der Waals surface area contributed by atoms with Crippen molar-refractivity contribution in [2.45, 2.75) is 101 Å². The molecule has 338 valence electrons. The van der Waals surface area contributed by atoms with Gasteiger partial charge in [0, 0.05) is 48.6 Å². The van der Waals surface area contributed by atoms with E-state index in [-0.39, 0.29) is 58.5 Å². The van der Waals surface area contributed by atoms with Crippen molar-refractivity contribution in [3.05, 3.63) is 70.8 Å². The Balaban J connectivity index is 2.04. The zero-order valence-electron chi connectivity index (χ0n) is 36.9. The first kappa shape index (κ1) is 51.1. The van der Waals surface area contributed by atoms with Crippen LogP contribution >= 0.6 is 23.5 Å². The van der Waals surface area contributed by atoms with Crippen LogP contribution in [0.2, 0.25) is 0 Å². The molecule has 3 aromatic rings. The maximum absolute atomic E-state index is 14.1. The second-order valence-electron chi connectivity index (χ2n) is 16.8. The summed E-state index contributed by atoms with van der Waals surface area (Å²) in [6.45, 7) is 13.9.